The monoisotopic (exact) mass is 228 g/mol. The summed E-state index contributed by atoms with van der Waals surface area (Å²) in [6.07, 6.45) is 3.80. The van der Waals surface area contributed by atoms with E-state index >= 15 is 0 Å². The largest absolute Gasteiger partial charge is 0.324 e. The van der Waals surface area contributed by atoms with E-state index in [-0.39, 0.29) is 6.04 Å². The highest BCUT2D eigenvalue weighted by atomic mass is 14.7. The minimum absolute atomic E-state index is 0.0496. The standard InChI is InChI=1S/C15H20N2/c1-10(2)11(3)15(16)14-9-17-8-12-6-4-5-7-13(12)14/h4-11,15H,16H2,1-3H3. The van der Waals surface area contributed by atoms with Crippen LogP contribution in [0.4, 0.5) is 0 Å². The molecule has 0 bridgehead atoms. The van der Waals surface area contributed by atoms with Gasteiger partial charge < -0.3 is 5.73 Å². The molecule has 2 unspecified atom stereocenters. The molecule has 90 valence electrons. The smallest absolute Gasteiger partial charge is 0.0346 e. The molecule has 0 amide bonds. The maximum atomic E-state index is 6.37. The van der Waals surface area contributed by atoms with Gasteiger partial charge >= 0.3 is 0 Å². The minimum atomic E-state index is 0.0496. The lowest BCUT2D eigenvalue weighted by molar-refractivity contribution is 0.353. The third kappa shape index (κ3) is 2.32. The molecule has 2 aromatic rings. The van der Waals surface area contributed by atoms with Gasteiger partial charge in [0.15, 0.2) is 0 Å². The number of rotatable bonds is 3. The number of hydrogen-bond donors (Lipinski definition) is 1. The average Bonchev–Trinajstić information content (AvgIpc) is 2.36. The van der Waals surface area contributed by atoms with E-state index in [1.54, 1.807) is 0 Å². The number of nitrogens with zero attached hydrogens (tertiary/aromatic N) is 1. The normalized spacial score (nSPS) is 15.1. The van der Waals surface area contributed by atoms with Crippen LogP contribution >= 0.6 is 0 Å². The summed E-state index contributed by atoms with van der Waals surface area (Å²) < 4.78 is 0. The van der Waals surface area contributed by atoms with Gasteiger partial charge in [0.2, 0.25) is 0 Å². The molecule has 2 rings (SSSR count). The number of aromatic nitrogens is 1. The lowest BCUT2D eigenvalue weighted by Crippen LogP contribution is -2.23. The Balaban J connectivity index is 2.48. The van der Waals surface area contributed by atoms with Gasteiger partial charge in [-0.2, -0.15) is 0 Å². The van der Waals surface area contributed by atoms with E-state index in [1.165, 1.54) is 5.39 Å². The van der Waals surface area contributed by atoms with Gasteiger partial charge in [0.05, 0.1) is 0 Å². The minimum Gasteiger partial charge on any atom is -0.324 e. The first-order valence-corrected chi connectivity index (χ1v) is 6.19. The van der Waals surface area contributed by atoms with Gasteiger partial charge in [-0.1, -0.05) is 45.0 Å². The fraction of sp³-hybridized carbons (Fsp3) is 0.400. The van der Waals surface area contributed by atoms with E-state index in [1.807, 2.05) is 18.5 Å². The Bertz CT molecular complexity index is 500. The molecule has 0 saturated heterocycles. The van der Waals surface area contributed by atoms with Crippen LogP contribution in [0.2, 0.25) is 0 Å². The molecule has 0 aliphatic rings. The van der Waals surface area contributed by atoms with Crippen molar-refractivity contribution < 1.29 is 0 Å². The highest BCUT2D eigenvalue weighted by molar-refractivity contribution is 5.85. The third-order valence-corrected chi connectivity index (χ3v) is 3.68. The second-order valence-corrected chi connectivity index (χ2v) is 5.08. The van der Waals surface area contributed by atoms with Crippen LogP contribution in [0.25, 0.3) is 10.8 Å². The Hall–Kier alpha value is -1.41. The summed E-state index contributed by atoms with van der Waals surface area (Å²) in [4.78, 5) is 4.30. The van der Waals surface area contributed by atoms with Crippen molar-refractivity contribution in [2.45, 2.75) is 26.8 Å². The Morgan fingerprint density at radius 3 is 2.47 bits per heavy atom. The second kappa shape index (κ2) is 4.84. The molecule has 2 nitrogen and oxygen atoms in total. The molecule has 2 heteroatoms. The molecule has 0 spiro atoms. The third-order valence-electron chi connectivity index (χ3n) is 3.68. The van der Waals surface area contributed by atoms with E-state index in [0.29, 0.717) is 11.8 Å². The van der Waals surface area contributed by atoms with Gasteiger partial charge in [-0.25, -0.2) is 0 Å². The van der Waals surface area contributed by atoms with Crippen LogP contribution in [0, 0.1) is 11.8 Å². The molecule has 0 saturated carbocycles. The number of pyridine rings is 1. The molecule has 2 atom stereocenters. The van der Waals surface area contributed by atoms with Crippen molar-refractivity contribution in [3.8, 4) is 0 Å². The molecule has 0 fully saturated rings. The van der Waals surface area contributed by atoms with Gasteiger partial charge in [-0.15, -0.1) is 0 Å². The predicted octanol–water partition coefficient (Wildman–Crippen LogP) is 3.53. The van der Waals surface area contributed by atoms with Crippen molar-refractivity contribution in [3.63, 3.8) is 0 Å². The van der Waals surface area contributed by atoms with Crippen molar-refractivity contribution in [1.29, 1.82) is 0 Å². The molecular weight excluding hydrogens is 208 g/mol. The zero-order chi connectivity index (χ0) is 12.4. The highest BCUT2D eigenvalue weighted by Crippen LogP contribution is 2.29. The zero-order valence-electron chi connectivity index (χ0n) is 10.7. The lowest BCUT2D eigenvalue weighted by Gasteiger charge is -2.24. The molecular formula is C15H20N2. The van der Waals surface area contributed by atoms with E-state index < -0.39 is 0 Å². The fourth-order valence-corrected chi connectivity index (χ4v) is 2.10. The average molecular weight is 228 g/mol. The molecule has 1 aromatic heterocycles. The Morgan fingerprint density at radius 1 is 1.06 bits per heavy atom. The van der Waals surface area contributed by atoms with Crippen molar-refractivity contribution in [1.82, 2.24) is 4.98 Å². The molecule has 0 aliphatic carbocycles. The van der Waals surface area contributed by atoms with E-state index in [9.17, 15) is 0 Å². The van der Waals surface area contributed by atoms with Gasteiger partial charge in [0, 0.05) is 23.8 Å². The fourth-order valence-electron chi connectivity index (χ4n) is 2.10. The van der Waals surface area contributed by atoms with Crippen LogP contribution < -0.4 is 5.73 Å². The van der Waals surface area contributed by atoms with Gasteiger partial charge in [0.1, 0.15) is 0 Å². The topological polar surface area (TPSA) is 38.9 Å². The molecule has 1 heterocycles. The number of nitrogens with two attached hydrogens (primary N) is 1. The van der Waals surface area contributed by atoms with Gasteiger partial charge in [-0.05, 0) is 22.8 Å². The Kier molecular flexibility index (Phi) is 3.43. The summed E-state index contributed by atoms with van der Waals surface area (Å²) in [6.45, 7) is 6.63. The molecule has 0 radical (unpaired) electrons. The number of hydrogen-bond acceptors (Lipinski definition) is 2. The molecule has 0 aliphatic heterocycles. The van der Waals surface area contributed by atoms with Crippen LogP contribution in [-0.4, -0.2) is 4.98 Å². The van der Waals surface area contributed by atoms with E-state index in [2.05, 4.69) is 44.0 Å². The summed E-state index contributed by atoms with van der Waals surface area (Å²) in [5.41, 5.74) is 7.52. The predicted molar refractivity (Wildman–Crippen MR) is 72.7 cm³/mol. The first-order valence-electron chi connectivity index (χ1n) is 6.19. The van der Waals surface area contributed by atoms with Crippen molar-refractivity contribution in [3.05, 3.63) is 42.2 Å². The summed E-state index contributed by atoms with van der Waals surface area (Å²) in [6, 6.07) is 8.34. The van der Waals surface area contributed by atoms with Crippen molar-refractivity contribution in [2.75, 3.05) is 0 Å². The van der Waals surface area contributed by atoms with Gasteiger partial charge in [-0.3, -0.25) is 4.98 Å². The Labute approximate surface area is 103 Å². The van der Waals surface area contributed by atoms with E-state index in [0.717, 1.165) is 10.9 Å². The SMILES string of the molecule is CC(C)C(C)C(N)c1cncc2ccccc12. The van der Waals surface area contributed by atoms with Crippen LogP contribution in [-0.2, 0) is 0 Å². The maximum Gasteiger partial charge on any atom is 0.0346 e. The maximum absolute atomic E-state index is 6.37. The van der Waals surface area contributed by atoms with Crippen LogP contribution in [0.1, 0.15) is 32.4 Å². The lowest BCUT2D eigenvalue weighted by atomic mass is 9.86. The number of fused-ring (bicyclic) bond motifs is 1. The highest BCUT2D eigenvalue weighted by Gasteiger charge is 2.19. The quantitative estimate of drug-likeness (QED) is 0.872. The van der Waals surface area contributed by atoms with E-state index in [4.69, 9.17) is 5.73 Å². The first kappa shape index (κ1) is 12.1. The van der Waals surface area contributed by atoms with Crippen LogP contribution in [0.3, 0.4) is 0 Å². The molecule has 1 aromatic carbocycles. The Morgan fingerprint density at radius 2 is 1.76 bits per heavy atom. The first-order chi connectivity index (χ1) is 8.11. The second-order valence-electron chi connectivity index (χ2n) is 5.08. The van der Waals surface area contributed by atoms with Crippen LogP contribution in [0.5, 0.6) is 0 Å². The summed E-state index contributed by atoms with van der Waals surface area (Å²) in [5, 5.41) is 2.39. The summed E-state index contributed by atoms with van der Waals surface area (Å²) in [5.74, 6) is 1.02. The van der Waals surface area contributed by atoms with Gasteiger partial charge in [0.25, 0.3) is 0 Å². The summed E-state index contributed by atoms with van der Waals surface area (Å²) >= 11 is 0. The number of benzene rings is 1. The molecule has 2 N–H and O–H groups in total. The van der Waals surface area contributed by atoms with Crippen molar-refractivity contribution in [2.24, 2.45) is 17.6 Å². The molecule has 17 heavy (non-hydrogen) atoms. The zero-order valence-corrected chi connectivity index (χ0v) is 10.7. The van der Waals surface area contributed by atoms with Crippen LogP contribution in [0.15, 0.2) is 36.7 Å². The van der Waals surface area contributed by atoms with Crippen molar-refractivity contribution >= 4 is 10.8 Å². The summed E-state index contributed by atoms with van der Waals surface area (Å²) in [7, 11) is 0.